The van der Waals surface area contributed by atoms with Crippen LogP contribution in [-0.2, 0) is 0 Å². The molecule has 0 saturated carbocycles. The molecule has 1 heterocycles. The molecule has 82 valence electrons. The van der Waals surface area contributed by atoms with Crippen molar-refractivity contribution in [3.05, 3.63) is 41.2 Å². The SMILES string of the molecule is C=CCNC(C)c1c(C)cc(C)nc1C. The van der Waals surface area contributed by atoms with Gasteiger partial charge in [-0.3, -0.25) is 4.98 Å². The van der Waals surface area contributed by atoms with Crippen LogP contribution in [0.4, 0.5) is 0 Å². The fraction of sp³-hybridized carbons (Fsp3) is 0.462. The fourth-order valence-corrected chi connectivity index (χ4v) is 2.05. The standard InChI is InChI=1S/C13H20N2/c1-6-7-14-11(4)13-9(2)8-10(3)15-12(13)5/h6,8,11,14H,1,7H2,2-5H3. The van der Waals surface area contributed by atoms with Crippen molar-refractivity contribution in [1.82, 2.24) is 10.3 Å². The zero-order valence-electron chi connectivity index (χ0n) is 10.1. The van der Waals surface area contributed by atoms with Crippen molar-refractivity contribution in [1.29, 1.82) is 0 Å². The third-order valence-electron chi connectivity index (χ3n) is 2.59. The molecule has 1 rings (SSSR count). The Bertz CT molecular complexity index is 333. The van der Waals surface area contributed by atoms with Gasteiger partial charge in [-0.05, 0) is 44.9 Å². The van der Waals surface area contributed by atoms with Crippen LogP contribution in [0.2, 0.25) is 0 Å². The Morgan fingerprint density at radius 3 is 2.67 bits per heavy atom. The van der Waals surface area contributed by atoms with Crippen molar-refractivity contribution in [2.24, 2.45) is 0 Å². The minimum atomic E-state index is 0.330. The van der Waals surface area contributed by atoms with E-state index in [0.29, 0.717) is 6.04 Å². The quantitative estimate of drug-likeness (QED) is 0.763. The Hall–Kier alpha value is -1.15. The van der Waals surface area contributed by atoms with Crippen LogP contribution < -0.4 is 5.32 Å². The van der Waals surface area contributed by atoms with E-state index in [4.69, 9.17) is 0 Å². The molecule has 1 unspecified atom stereocenters. The Balaban J connectivity index is 2.97. The van der Waals surface area contributed by atoms with Crippen molar-refractivity contribution in [2.45, 2.75) is 33.7 Å². The van der Waals surface area contributed by atoms with Gasteiger partial charge in [0.2, 0.25) is 0 Å². The highest BCUT2D eigenvalue weighted by atomic mass is 14.9. The molecule has 15 heavy (non-hydrogen) atoms. The fourth-order valence-electron chi connectivity index (χ4n) is 2.05. The molecule has 0 fully saturated rings. The molecule has 0 saturated heterocycles. The van der Waals surface area contributed by atoms with Crippen LogP contribution in [0.15, 0.2) is 18.7 Å². The van der Waals surface area contributed by atoms with E-state index in [0.717, 1.165) is 17.9 Å². The molecule has 0 aliphatic heterocycles. The summed E-state index contributed by atoms with van der Waals surface area (Å²) in [4.78, 5) is 4.50. The maximum Gasteiger partial charge on any atom is 0.0426 e. The second-order valence-corrected chi connectivity index (χ2v) is 4.00. The highest BCUT2D eigenvalue weighted by Gasteiger charge is 2.11. The monoisotopic (exact) mass is 204 g/mol. The zero-order chi connectivity index (χ0) is 11.4. The average Bonchev–Trinajstić information content (AvgIpc) is 2.12. The summed E-state index contributed by atoms with van der Waals surface area (Å²) in [6.07, 6.45) is 1.88. The van der Waals surface area contributed by atoms with Gasteiger partial charge in [0, 0.05) is 24.0 Å². The predicted molar refractivity (Wildman–Crippen MR) is 65.1 cm³/mol. The smallest absolute Gasteiger partial charge is 0.0426 e. The van der Waals surface area contributed by atoms with Gasteiger partial charge in [0.15, 0.2) is 0 Å². The molecule has 2 nitrogen and oxygen atoms in total. The normalized spacial score (nSPS) is 12.5. The third kappa shape index (κ3) is 2.90. The van der Waals surface area contributed by atoms with Crippen LogP contribution in [0.3, 0.4) is 0 Å². The van der Waals surface area contributed by atoms with Crippen molar-refractivity contribution in [3.8, 4) is 0 Å². The summed E-state index contributed by atoms with van der Waals surface area (Å²) in [5, 5.41) is 3.39. The molecule has 1 aromatic heterocycles. The molecule has 0 bridgehead atoms. The van der Waals surface area contributed by atoms with Gasteiger partial charge >= 0.3 is 0 Å². The predicted octanol–water partition coefficient (Wildman–Crippen LogP) is 2.84. The molecular weight excluding hydrogens is 184 g/mol. The first-order valence-corrected chi connectivity index (χ1v) is 5.35. The van der Waals surface area contributed by atoms with Gasteiger partial charge in [0.05, 0.1) is 0 Å². The molecule has 0 amide bonds. The zero-order valence-corrected chi connectivity index (χ0v) is 10.1. The van der Waals surface area contributed by atoms with Crippen LogP contribution in [0, 0.1) is 20.8 Å². The summed E-state index contributed by atoms with van der Waals surface area (Å²) in [5.41, 5.74) is 4.83. The number of rotatable bonds is 4. The van der Waals surface area contributed by atoms with Crippen molar-refractivity contribution in [2.75, 3.05) is 6.54 Å². The molecule has 1 atom stereocenters. The second kappa shape index (κ2) is 5.08. The number of aryl methyl sites for hydroxylation is 3. The van der Waals surface area contributed by atoms with Crippen molar-refractivity contribution in [3.63, 3.8) is 0 Å². The van der Waals surface area contributed by atoms with Gasteiger partial charge in [-0.15, -0.1) is 6.58 Å². The largest absolute Gasteiger partial charge is 0.307 e. The van der Waals surface area contributed by atoms with Crippen LogP contribution in [0.5, 0.6) is 0 Å². The Morgan fingerprint density at radius 2 is 2.13 bits per heavy atom. The van der Waals surface area contributed by atoms with Gasteiger partial charge in [0.25, 0.3) is 0 Å². The topological polar surface area (TPSA) is 24.9 Å². The van der Waals surface area contributed by atoms with E-state index in [2.05, 4.69) is 43.7 Å². The van der Waals surface area contributed by atoms with Crippen LogP contribution in [0.25, 0.3) is 0 Å². The molecule has 0 radical (unpaired) electrons. The Kier molecular flexibility index (Phi) is 4.04. The van der Waals surface area contributed by atoms with Crippen molar-refractivity contribution < 1.29 is 0 Å². The summed E-state index contributed by atoms with van der Waals surface area (Å²) >= 11 is 0. The average molecular weight is 204 g/mol. The Labute approximate surface area is 92.4 Å². The van der Waals surface area contributed by atoms with Crippen molar-refractivity contribution >= 4 is 0 Å². The van der Waals surface area contributed by atoms with Crippen LogP contribution >= 0.6 is 0 Å². The minimum Gasteiger partial charge on any atom is -0.307 e. The first-order chi connectivity index (χ1) is 7.06. The maximum atomic E-state index is 4.50. The lowest BCUT2D eigenvalue weighted by molar-refractivity contribution is 0.607. The maximum absolute atomic E-state index is 4.50. The van der Waals surface area contributed by atoms with Gasteiger partial charge < -0.3 is 5.32 Å². The molecule has 0 aliphatic carbocycles. The van der Waals surface area contributed by atoms with E-state index in [1.54, 1.807) is 0 Å². The molecule has 0 aliphatic rings. The number of hydrogen-bond donors (Lipinski definition) is 1. The van der Waals surface area contributed by atoms with E-state index in [-0.39, 0.29) is 0 Å². The number of nitrogens with one attached hydrogen (secondary N) is 1. The lowest BCUT2D eigenvalue weighted by Crippen LogP contribution is -2.20. The summed E-state index contributed by atoms with van der Waals surface area (Å²) in [7, 11) is 0. The first-order valence-electron chi connectivity index (χ1n) is 5.35. The summed E-state index contributed by atoms with van der Waals surface area (Å²) < 4.78 is 0. The summed E-state index contributed by atoms with van der Waals surface area (Å²) in [6, 6.07) is 2.46. The summed E-state index contributed by atoms with van der Waals surface area (Å²) in [6.45, 7) is 12.9. The number of aromatic nitrogens is 1. The third-order valence-corrected chi connectivity index (χ3v) is 2.59. The van der Waals surface area contributed by atoms with E-state index < -0.39 is 0 Å². The summed E-state index contributed by atoms with van der Waals surface area (Å²) in [5.74, 6) is 0. The number of hydrogen-bond acceptors (Lipinski definition) is 2. The molecule has 1 aromatic rings. The van der Waals surface area contributed by atoms with Gasteiger partial charge in [-0.2, -0.15) is 0 Å². The lowest BCUT2D eigenvalue weighted by Gasteiger charge is -2.18. The molecule has 2 heteroatoms. The molecular formula is C13H20N2. The lowest BCUT2D eigenvalue weighted by atomic mass is 10.0. The minimum absolute atomic E-state index is 0.330. The van der Waals surface area contributed by atoms with Gasteiger partial charge in [-0.25, -0.2) is 0 Å². The first kappa shape index (κ1) is 11.9. The Morgan fingerprint density at radius 1 is 1.47 bits per heavy atom. The van der Waals surface area contributed by atoms with E-state index >= 15 is 0 Å². The van der Waals surface area contributed by atoms with E-state index in [9.17, 15) is 0 Å². The van der Waals surface area contributed by atoms with Crippen LogP contribution in [0.1, 0.15) is 35.5 Å². The van der Waals surface area contributed by atoms with E-state index in [1.807, 2.05) is 13.0 Å². The molecule has 0 spiro atoms. The molecule has 0 aromatic carbocycles. The van der Waals surface area contributed by atoms with Gasteiger partial charge in [-0.1, -0.05) is 6.08 Å². The van der Waals surface area contributed by atoms with E-state index in [1.165, 1.54) is 11.1 Å². The highest BCUT2D eigenvalue weighted by molar-refractivity contribution is 5.33. The molecule has 1 N–H and O–H groups in total. The second-order valence-electron chi connectivity index (χ2n) is 4.00. The van der Waals surface area contributed by atoms with Gasteiger partial charge in [0.1, 0.15) is 0 Å². The number of nitrogens with zero attached hydrogens (tertiary/aromatic N) is 1. The van der Waals surface area contributed by atoms with Crippen LogP contribution in [-0.4, -0.2) is 11.5 Å². The highest BCUT2D eigenvalue weighted by Crippen LogP contribution is 2.20. The number of pyridine rings is 1.